The fourth-order valence-electron chi connectivity index (χ4n) is 1.95. The van der Waals surface area contributed by atoms with Gasteiger partial charge in [0, 0.05) is 12.3 Å². The summed E-state index contributed by atoms with van der Waals surface area (Å²) in [6.07, 6.45) is 2.72. The van der Waals surface area contributed by atoms with Gasteiger partial charge in [-0.25, -0.2) is 0 Å². The van der Waals surface area contributed by atoms with Gasteiger partial charge in [0.1, 0.15) is 5.78 Å². The zero-order valence-corrected chi connectivity index (χ0v) is 9.76. The molecule has 0 radical (unpaired) electrons. The molecule has 15 heavy (non-hydrogen) atoms. The molecule has 0 saturated carbocycles. The van der Waals surface area contributed by atoms with Gasteiger partial charge in [-0.05, 0) is 42.2 Å². The fourth-order valence-corrected chi connectivity index (χ4v) is 2.65. The molecule has 0 bridgehead atoms. The van der Waals surface area contributed by atoms with Gasteiger partial charge in [-0.1, -0.05) is 0 Å². The molecule has 82 valence electrons. The molecule has 2 heterocycles. The van der Waals surface area contributed by atoms with Crippen LogP contribution in [0, 0.1) is 5.92 Å². The molecule has 1 saturated heterocycles. The van der Waals surface area contributed by atoms with Gasteiger partial charge in [0.2, 0.25) is 0 Å². The van der Waals surface area contributed by atoms with Crippen LogP contribution in [0.1, 0.15) is 25.3 Å². The Labute approximate surface area is 94.3 Å². The summed E-state index contributed by atoms with van der Waals surface area (Å²) in [5.74, 6) is 0.518. The second kappa shape index (κ2) is 4.90. The third-order valence-corrected chi connectivity index (χ3v) is 3.63. The van der Waals surface area contributed by atoms with Crippen molar-refractivity contribution in [1.82, 2.24) is 0 Å². The average molecular weight is 224 g/mol. The van der Waals surface area contributed by atoms with Crippen molar-refractivity contribution in [2.45, 2.75) is 32.3 Å². The number of ether oxygens (including phenoxy) is 1. The Morgan fingerprint density at radius 1 is 1.67 bits per heavy atom. The number of hydrogen-bond donors (Lipinski definition) is 0. The number of Topliss-reactive ketones (excluding diaryl/α,β-unsaturated/α-hetero) is 1. The number of carbonyl (C=O) groups excluding carboxylic acids is 1. The van der Waals surface area contributed by atoms with E-state index < -0.39 is 0 Å². The Morgan fingerprint density at radius 3 is 3.13 bits per heavy atom. The van der Waals surface area contributed by atoms with Gasteiger partial charge >= 0.3 is 0 Å². The van der Waals surface area contributed by atoms with E-state index in [2.05, 4.69) is 16.8 Å². The van der Waals surface area contributed by atoms with Crippen molar-refractivity contribution in [1.29, 1.82) is 0 Å². The first kappa shape index (κ1) is 10.8. The quantitative estimate of drug-likeness (QED) is 0.786. The molecule has 2 rings (SSSR count). The molecular weight excluding hydrogens is 208 g/mol. The summed E-state index contributed by atoms with van der Waals surface area (Å²) in [6.45, 7) is 2.66. The molecule has 0 amide bonds. The Hall–Kier alpha value is -0.670. The Balaban J connectivity index is 1.78. The predicted octanol–water partition coefficient (Wildman–Crippen LogP) is 2.67. The topological polar surface area (TPSA) is 26.3 Å². The molecule has 0 aliphatic carbocycles. The molecule has 2 atom stereocenters. The van der Waals surface area contributed by atoms with Gasteiger partial charge in [-0.2, -0.15) is 11.3 Å². The van der Waals surface area contributed by atoms with Crippen LogP contribution < -0.4 is 0 Å². The lowest BCUT2D eigenvalue weighted by Crippen LogP contribution is -2.15. The lowest BCUT2D eigenvalue weighted by Gasteiger charge is -2.05. The third kappa shape index (κ3) is 2.89. The minimum atomic E-state index is 0.152. The molecule has 1 aromatic rings. The zero-order valence-electron chi connectivity index (χ0n) is 8.94. The van der Waals surface area contributed by atoms with Gasteiger partial charge in [0.15, 0.2) is 0 Å². The van der Waals surface area contributed by atoms with E-state index in [1.807, 2.05) is 6.92 Å². The van der Waals surface area contributed by atoms with Crippen LogP contribution in [0.2, 0.25) is 0 Å². The van der Waals surface area contributed by atoms with Gasteiger partial charge < -0.3 is 4.74 Å². The minimum absolute atomic E-state index is 0.152. The lowest BCUT2D eigenvalue weighted by molar-refractivity contribution is -0.122. The third-order valence-electron chi connectivity index (χ3n) is 2.89. The molecule has 2 nitrogen and oxygen atoms in total. The Morgan fingerprint density at radius 2 is 2.53 bits per heavy atom. The van der Waals surface area contributed by atoms with Crippen molar-refractivity contribution in [3.8, 4) is 0 Å². The SMILES string of the molecule is CC1CC(C(=O)CCc2ccsc2)CO1. The van der Waals surface area contributed by atoms with Crippen LogP contribution in [0.15, 0.2) is 16.8 Å². The largest absolute Gasteiger partial charge is 0.378 e. The summed E-state index contributed by atoms with van der Waals surface area (Å²) >= 11 is 1.69. The van der Waals surface area contributed by atoms with Crippen LogP contribution in [-0.2, 0) is 16.0 Å². The molecular formula is C12H16O2S. The van der Waals surface area contributed by atoms with Crippen molar-refractivity contribution >= 4 is 17.1 Å². The van der Waals surface area contributed by atoms with Crippen LogP contribution >= 0.6 is 11.3 Å². The highest BCUT2D eigenvalue weighted by molar-refractivity contribution is 7.07. The minimum Gasteiger partial charge on any atom is -0.378 e. The van der Waals surface area contributed by atoms with Crippen LogP contribution in [0.5, 0.6) is 0 Å². The van der Waals surface area contributed by atoms with Crippen molar-refractivity contribution in [3.05, 3.63) is 22.4 Å². The number of hydrogen-bond acceptors (Lipinski definition) is 3. The average Bonchev–Trinajstić information content (AvgIpc) is 2.84. The van der Waals surface area contributed by atoms with Gasteiger partial charge in [0.05, 0.1) is 12.7 Å². The summed E-state index contributed by atoms with van der Waals surface area (Å²) in [5.41, 5.74) is 1.28. The fraction of sp³-hybridized carbons (Fsp3) is 0.583. The molecule has 2 unspecified atom stereocenters. The highest BCUT2D eigenvalue weighted by Gasteiger charge is 2.27. The predicted molar refractivity (Wildman–Crippen MR) is 61.2 cm³/mol. The number of carbonyl (C=O) groups is 1. The monoisotopic (exact) mass is 224 g/mol. The van der Waals surface area contributed by atoms with Crippen molar-refractivity contribution < 1.29 is 9.53 Å². The first-order valence-corrected chi connectivity index (χ1v) is 6.35. The summed E-state index contributed by atoms with van der Waals surface area (Å²) in [7, 11) is 0. The van der Waals surface area contributed by atoms with E-state index in [-0.39, 0.29) is 12.0 Å². The molecule has 0 spiro atoms. The van der Waals surface area contributed by atoms with Crippen molar-refractivity contribution in [3.63, 3.8) is 0 Å². The van der Waals surface area contributed by atoms with E-state index >= 15 is 0 Å². The second-order valence-corrected chi connectivity index (χ2v) is 4.95. The Bertz CT molecular complexity index is 318. The van der Waals surface area contributed by atoms with Gasteiger partial charge in [-0.3, -0.25) is 4.79 Å². The van der Waals surface area contributed by atoms with Gasteiger partial charge in [0.25, 0.3) is 0 Å². The van der Waals surface area contributed by atoms with Crippen LogP contribution in [0.4, 0.5) is 0 Å². The number of rotatable bonds is 4. The van der Waals surface area contributed by atoms with E-state index in [0.29, 0.717) is 18.8 Å². The van der Waals surface area contributed by atoms with E-state index in [9.17, 15) is 4.79 Å². The lowest BCUT2D eigenvalue weighted by atomic mass is 9.96. The maximum absolute atomic E-state index is 11.8. The summed E-state index contributed by atoms with van der Waals surface area (Å²) in [4.78, 5) is 11.8. The van der Waals surface area contributed by atoms with Crippen molar-refractivity contribution in [2.24, 2.45) is 5.92 Å². The number of aryl methyl sites for hydroxylation is 1. The van der Waals surface area contributed by atoms with E-state index in [1.54, 1.807) is 11.3 Å². The van der Waals surface area contributed by atoms with E-state index in [0.717, 1.165) is 12.8 Å². The summed E-state index contributed by atoms with van der Waals surface area (Å²) in [6, 6.07) is 2.09. The smallest absolute Gasteiger partial charge is 0.138 e. The van der Waals surface area contributed by atoms with Crippen LogP contribution in [0.3, 0.4) is 0 Å². The normalized spacial score (nSPS) is 25.7. The van der Waals surface area contributed by atoms with Crippen molar-refractivity contribution in [2.75, 3.05) is 6.61 Å². The molecule has 1 aliphatic heterocycles. The number of ketones is 1. The Kier molecular flexibility index (Phi) is 3.54. The highest BCUT2D eigenvalue weighted by atomic mass is 32.1. The van der Waals surface area contributed by atoms with Gasteiger partial charge in [-0.15, -0.1) is 0 Å². The second-order valence-electron chi connectivity index (χ2n) is 4.17. The molecule has 1 fully saturated rings. The van der Waals surface area contributed by atoms with Crippen LogP contribution in [-0.4, -0.2) is 18.5 Å². The summed E-state index contributed by atoms with van der Waals surface area (Å²) < 4.78 is 5.40. The molecule has 3 heteroatoms. The molecule has 1 aromatic heterocycles. The van der Waals surface area contributed by atoms with E-state index in [4.69, 9.17) is 4.74 Å². The summed E-state index contributed by atoms with van der Waals surface area (Å²) in [5, 5.41) is 4.17. The highest BCUT2D eigenvalue weighted by Crippen LogP contribution is 2.21. The first-order valence-electron chi connectivity index (χ1n) is 5.41. The molecule has 0 N–H and O–H groups in total. The molecule has 0 aromatic carbocycles. The maximum Gasteiger partial charge on any atom is 0.138 e. The zero-order chi connectivity index (χ0) is 10.7. The van der Waals surface area contributed by atoms with Crippen LogP contribution in [0.25, 0.3) is 0 Å². The standard InChI is InChI=1S/C12H16O2S/c1-9-6-11(7-14-9)12(13)3-2-10-4-5-15-8-10/h4-5,8-9,11H,2-3,6-7H2,1H3. The molecule has 1 aliphatic rings. The number of thiophene rings is 1. The maximum atomic E-state index is 11.8. The van der Waals surface area contributed by atoms with E-state index in [1.165, 1.54) is 5.56 Å². The first-order chi connectivity index (χ1) is 7.25.